The number of benzene rings is 2. The Bertz CT molecular complexity index is 538. The molecule has 130 valence electrons. The van der Waals surface area contributed by atoms with Crippen molar-refractivity contribution < 1.29 is 10.2 Å². The maximum absolute atomic E-state index is 9.56. The van der Waals surface area contributed by atoms with Crippen LogP contribution >= 0.6 is 0 Å². The Morgan fingerprint density at radius 1 is 0.583 bits per heavy atom. The minimum atomic E-state index is 0.239. The Balaban J connectivity index is 2.09. The van der Waals surface area contributed by atoms with E-state index in [0.29, 0.717) is 11.8 Å². The first-order chi connectivity index (χ1) is 11.8. The van der Waals surface area contributed by atoms with E-state index >= 15 is 0 Å². The molecular formula is C22H30O2. The van der Waals surface area contributed by atoms with Gasteiger partial charge in [-0.3, -0.25) is 0 Å². The third-order valence-electron chi connectivity index (χ3n) is 4.83. The molecule has 24 heavy (non-hydrogen) atoms. The molecule has 2 atom stereocenters. The second-order valence-electron chi connectivity index (χ2n) is 6.63. The summed E-state index contributed by atoms with van der Waals surface area (Å²) in [5.41, 5.74) is 2.71. The largest absolute Gasteiger partial charge is 0.396 e. The van der Waals surface area contributed by atoms with E-state index in [1.807, 2.05) is 6.07 Å². The van der Waals surface area contributed by atoms with Crippen LogP contribution in [0.4, 0.5) is 0 Å². The number of rotatable bonds is 11. The average Bonchev–Trinajstić information content (AvgIpc) is 2.62. The predicted octanol–water partition coefficient (Wildman–Crippen LogP) is 4.25. The highest BCUT2D eigenvalue weighted by Gasteiger charge is 2.21. The van der Waals surface area contributed by atoms with Crippen molar-refractivity contribution in [3.63, 3.8) is 0 Å². The Labute approximate surface area is 146 Å². The van der Waals surface area contributed by atoms with Gasteiger partial charge in [0, 0.05) is 13.2 Å². The molecule has 0 saturated carbocycles. The smallest absolute Gasteiger partial charge is 0.0433 e. The second-order valence-corrected chi connectivity index (χ2v) is 6.63. The highest BCUT2D eigenvalue weighted by atomic mass is 16.3. The lowest BCUT2D eigenvalue weighted by Gasteiger charge is -2.27. The molecule has 2 N–H and O–H groups in total. The zero-order chi connectivity index (χ0) is 17.0. The van der Waals surface area contributed by atoms with Crippen molar-refractivity contribution in [2.45, 2.75) is 38.5 Å². The lowest BCUT2D eigenvalue weighted by molar-refractivity contribution is 0.203. The molecule has 2 aromatic rings. The first kappa shape index (κ1) is 18.7. The molecule has 2 rings (SSSR count). The second kappa shape index (κ2) is 11.0. The topological polar surface area (TPSA) is 40.5 Å². The van der Waals surface area contributed by atoms with Gasteiger partial charge >= 0.3 is 0 Å². The summed E-state index contributed by atoms with van der Waals surface area (Å²) in [6.07, 6.45) is 5.91. The van der Waals surface area contributed by atoms with Crippen LogP contribution in [0.5, 0.6) is 0 Å². The lowest BCUT2D eigenvalue weighted by Crippen LogP contribution is -2.21. The van der Waals surface area contributed by atoms with E-state index in [2.05, 4.69) is 54.6 Å². The van der Waals surface area contributed by atoms with E-state index in [9.17, 15) is 5.11 Å². The Hall–Kier alpha value is -1.64. The normalized spacial score (nSPS) is 13.6. The van der Waals surface area contributed by atoms with Crippen molar-refractivity contribution in [1.29, 1.82) is 0 Å². The summed E-state index contributed by atoms with van der Waals surface area (Å²) >= 11 is 0. The van der Waals surface area contributed by atoms with Crippen LogP contribution in [0.15, 0.2) is 60.7 Å². The molecule has 0 spiro atoms. The van der Waals surface area contributed by atoms with Gasteiger partial charge in [0.25, 0.3) is 0 Å². The van der Waals surface area contributed by atoms with Crippen molar-refractivity contribution in [3.8, 4) is 0 Å². The van der Waals surface area contributed by atoms with Gasteiger partial charge in [0.05, 0.1) is 0 Å². The minimum absolute atomic E-state index is 0.239. The number of hydrogen-bond acceptors (Lipinski definition) is 2. The molecular weight excluding hydrogens is 296 g/mol. The van der Waals surface area contributed by atoms with Gasteiger partial charge in [-0.05, 0) is 55.1 Å². The molecule has 0 aromatic heterocycles. The van der Waals surface area contributed by atoms with E-state index in [4.69, 9.17) is 5.11 Å². The highest BCUT2D eigenvalue weighted by molar-refractivity contribution is 5.17. The first-order valence-corrected chi connectivity index (χ1v) is 9.13. The van der Waals surface area contributed by atoms with Crippen LogP contribution in [0.1, 0.15) is 36.8 Å². The predicted molar refractivity (Wildman–Crippen MR) is 99.9 cm³/mol. The molecule has 0 radical (unpaired) electrons. The monoisotopic (exact) mass is 326 g/mol. The van der Waals surface area contributed by atoms with E-state index in [0.717, 1.165) is 38.5 Å². The van der Waals surface area contributed by atoms with Crippen LogP contribution < -0.4 is 0 Å². The van der Waals surface area contributed by atoms with Gasteiger partial charge in [-0.2, -0.15) is 0 Å². The standard InChI is InChI=1S/C22H30O2/c23-15-8-7-13-21(17-19-9-3-1-4-10-19)22(14-16-24)18-20-11-5-2-6-12-20/h1-6,9-12,21-24H,7-8,13-18H2/t21-,22-/m0/s1. The number of aliphatic hydroxyl groups is 2. The van der Waals surface area contributed by atoms with E-state index in [1.54, 1.807) is 0 Å². The van der Waals surface area contributed by atoms with Crippen molar-refractivity contribution in [2.75, 3.05) is 13.2 Å². The van der Waals surface area contributed by atoms with E-state index in [-0.39, 0.29) is 13.2 Å². The van der Waals surface area contributed by atoms with E-state index in [1.165, 1.54) is 11.1 Å². The molecule has 0 aliphatic rings. The van der Waals surface area contributed by atoms with Crippen molar-refractivity contribution in [2.24, 2.45) is 11.8 Å². The zero-order valence-electron chi connectivity index (χ0n) is 14.5. The summed E-state index contributed by atoms with van der Waals surface area (Å²) in [5, 5.41) is 18.7. The van der Waals surface area contributed by atoms with Gasteiger partial charge in [0.1, 0.15) is 0 Å². The molecule has 0 saturated heterocycles. The van der Waals surface area contributed by atoms with E-state index < -0.39 is 0 Å². The molecule has 2 nitrogen and oxygen atoms in total. The molecule has 0 unspecified atom stereocenters. The van der Waals surface area contributed by atoms with Crippen LogP contribution in [0.25, 0.3) is 0 Å². The Morgan fingerprint density at radius 2 is 1.08 bits per heavy atom. The minimum Gasteiger partial charge on any atom is -0.396 e. The molecule has 0 bridgehead atoms. The average molecular weight is 326 g/mol. The molecule has 2 aromatic carbocycles. The molecule has 0 aliphatic carbocycles. The quantitative estimate of drug-likeness (QED) is 0.606. The Kier molecular flexibility index (Phi) is 8.58. The van der Waals surface area contributed by atoms with Gasteiger partial charge in [0.2, 0.25) is 0 Å². The molecule has 0 aliphatic heterocycles. The molecule has 0 amide bonds. The number of aliphatic hydroxyl groups excluding tert-OH is 2. The maximum Gasteiger partial charge on any atom is 0.0433 e. The summed E-state index contributed by atoms with van der Waals surface area (Å²) in [4.78, 5) is 0. The summed E-state index contributed by atoms with van der Waals surface area (Å²) in [6.45, 7) is 0.504. The van der Waals surface area contributed by atoms with Gasteiger partial charge in [-0.25, -0.2) is 0 Å². The molecule has 2 heteroatoms. The van der Waals surface area contributed by atoms with Crippen LogP contribution in [0.3, 0.4) is 0 Å². The summed E-state index contributed by atoms with van der Waals surface area (Å²) < 4.78 is 0. The third kappa shape index (κ3) is 6.46. The van der Waals surface area contributed by atoms with Crippen molar-refractivity contribution in [3.05, 3.63) is 71.8 Å². The zero-order valence-corrected chi connectivity index (χ0v) is 14.5. The van der Waals surface area contributed by atoms with Gasteiger partial charge < -0.3 is 10.2 Å². The SMILES string of the molecule is OCCCC[C@@H](Cc1ccccc1)[C@@H](CCO)Cc1ccccc1. The first-order valence-electron chi connectivity index (χ1n) is 9.13. The highest BCUT2D eigenvalue weighted by Crippen LogP contribution is 2.29. The van der Waals surface area contributed by atoms with Crippen LogP contribution in [0.2, 0.25) is 0 Å². The van der Waals surface area contributed by atoms with Gasteiger partial charge in [-0.15, -0.1) is 0 Å². The number of hydrogen-bond donors (Lipinski definition) is 2. The van der Waals surface area contributed by atoms with Crippen LogP contribution in [-0.2, 0) is 12.8 Å². The fraction of sp³-hybridized carbons (Fsp3) is 0.455. The van der Waals surface area contributed by atoms with Crippen molar-refractivity contribution >= 4 is 0 Å². The molecule has 0 heterocycles. The summed E-state index contributed by atoms with van der Waals surface area (Å²) in [5.74, 6) is 1.00. The Morgan fingerprint density at radius 3 is 1.54 bits per heavy atom. The fourth-order valence-electron chi connectivity index (χ4n) is 3.53. The van der Waals surface area contributed by atoms with Gasteiger partial charge in [0.15, 0.2) is 0 Å². The third-order valence-corrected chi connectivity index (χ3v) is 4.83. The maximum atomic E-state index is 9.56. The lowest BCUT2D eigenvalue weighted by atomic mass is 9.78. The summed E-state index contributed by atoms with van der Waals surface area (Å²) in [6, 6.07) is 21.2. The van der Waals surface area contributed by atoms with Crippen LogP contribution in [-0.4, -0.2) is 23.4 Å². The summed E-state index contributed by atoms with van der Waals surface area (Å²) in [7, 11) is 0. The van der Waals surface area contributed by atoms with Gasteiger partial charge in [-0.1, -0.05) is 67.1 Å². The molecule has 0 fully saturated rings. The number of unbranched alkanes of at least 4 members (excludes halogenated alkanes) is 1. The van der Waals surface area contributed by atoms with Crippen molar-refractivity contribution in [1.82, 2.24) is 0 Å². The van der Waals surface area contributed by atoms with Crippen LogP contribution in [0, 0.1) is 11.8 Å². The fourth-order valence-corrected chi connectivity index (χ4v) is 3.53.